The summed E-state index contributed by atoms with van der Waals surface area (Å²) in [4.78, 5) is 39.6. The molecule has 0 spiro atoms. The number of rotatable bonds is 4. The van der Waals surface area contributed by atoms with E-state index in [0.29, 0.717) is 23.3 Å². The Kier molecular flexibility index (Phi) is 3.47. The average Bonchev–Trinajstić information content (AvgIpc) is 3.05. The minimum Gasteiger partial charge on any atom is -0.405 e. The van der Waals surface area contributed by atoms with Gasteiger partial charge in [-0.25, -0.2) is 9.59 Å². The van der Waals surface area contributed by atoms with Gasteiger partial charge >= 0.3 is 11.3 Å². The lowest BCUT2D eigenvalue weighted by Crippen LogP contribution is -2.24. The van der Waals surface area contributed by atoms with Crippen molar-refractivity contribution in [2.24, 2.45) is 17.8 Å². The van der Waals surface area contributed by atoms with Gasteiger partial charge < -0.3 is 4.42 Å². The van der Waals surface area contributed by atoms with E-state index in [9.17, 15) is 14.4 Å². The van der Waals surface area contributed by atoms with Gasteiger partial charge in [-0.1, -0.05) is 25.7 Å². The quantitative estimate of drug-likeness (QED) is 0.901. The molecule has 0 aromatic carbocycles. The highest BCUT2D eigenvalue weighted by molar-refractivity contribution is 5.75. The summed E-state index contributed by atoms with van der Waals surface area (Å²) in [5.74, 6) is 2.43. The van der Waals surface area contributed by atoms with Crippen LogP contribution in [0.1, 0.15) is 44.1 Å². The minimum atomic E-state index is -0.661. The Bertz CT molecular complexity index is 896. The van der Waals surface area contributed by atoms with Crippen molar-refractivity contribution >= 4 is 11.1 Å². The van der Waals surface area contributed by atoms with Gasteiger partial charge in [0.1, 0.15) is 5.39 Å². The van der Waals surface area contributed by atoms with Gasteiger partial charge in [-0.15, -0.1) is 0 Å². The summed E-state index contributed by atoms with van der Waals surface area (Å²) in [6.07, 6.45) is 8.38. The Balaban J connectivity index is 1.56. The Hall–Kier alpha value is -2.11. The fraction of sp³-hybridized carbons (Fsp3) is 0.588. The van der Waals surface area contributed by atoms with Gasteiger partial charge in [0.05, 0.1) is 0 Å². The normalized spacial score (nSPS) is 24.3. The maximum absolute atomic E-state index is 12.0. The molecule has 2 N–H and O–H groups in total. The zero-order valence-corrected chi connectivity index (χ0v) is 12.9. The fourth-order valence-corrected chi connectivity index (χ4v) is 4.28. The van der Waals surface area contributed by atoms with Crippen molar-refractivity contribution in [3.63, 3.8) is 0 Å². The van der Waals surface area contributed by atoms with Crippen molar-refractivity contribution in [3.8, 4) is 0 Å². The van der Waals surface area contributed by atoms with Gasteiger partial charge in [0.15, 0.2) is 0 Å². The molecule has 1 unspecified atom stereocenters. The Morgan fingerprint density at radius 3 is 2.70 bits per heavy atom. The zero-order chi connectivity index (χ0) is 16.0. The molecule has 2 fully saturated rings. The first-order chi connectivity index (χ1) is 11.1. The maximum Gasteiger partial charge on any atom is 0.337 e. The number of fused-ring (bicyclic) bond motifs is 1. The van der Waals surface area contributed by atoms with Gasteiger partial charge in [-0.3, -0.25) is 14.8 Å². The van der Waals surface area contributed by atoms with Crippen LogP contribution >= 0.6 is 0 Å². The van der Waals surface area contributed by atoms with Crippen LogP contribution in [0.5, 0.6) is 0 Å². The van der Waals surface area contributed by atoms with E-state index in [0.717, 1.165) is 18.3 Å². The molecule has 2 aromatic rings. The Morgan fingerprint density at radius 1 is 1.13 bits per heavy atom. The third-order valence-corrected chi connectivity index (χ3v) is 5.49. The molecular weight excluding hydrogens is 296 g/mol. The van der Waals surface area contributed by atoms with E-state index >= 15 is 0 Å². The number of aryl methyl sites for hydroxylation is 1. The summed E-state index contributed by atoms with van der Waals surface area (Å²) in [6, 6.07) is 1.38. The average molecular weight is 316 g/mol. The first-order valence-electron chi connectivity index (χ1n) is 8.41. The van der Waals surface area contributed by atoms with Crippen LogP contribution in [-0.4, -0.2) is 9.97 Å². The highest BCUT2D eigenvalue weighted by atomic mass is 16.4. The molecule has 6 heteroatoms. The fourth-order valence-electron chi connectivity index (χ4n) is 4.28. The highest BCUT2D eigenvalue weighted by Gasteiger charge is 2.42. The number of H-pyrrole nitrogens is 2. The smallest absolute Gasteiger partial charge is 0.337 e. The SMILES string of the molecule is O=c1[nH]c(=O)c2c(CCC3C[C@H]3C3CCCC3)cc(=O)oc2[nH]1. The van der Waals surface area contributed by atoms with E-state index in [-0.39, 0.29) is 5.71 Å². The number of aromatic amines is 2. The van der Waals surface area contributed by atoms with Gasteiger partial charge in [0, 0.05) is 6.07 Å². The third kappa shape index (κ3) is 2.78. The summed E-state index contributed by atoms with van der Waals surface area (Å²) in [6.45, 7) is 0. The molecule has 2 saturated carbocycles. The van der Waals surface area contributed by atoms with Crippen molar-refractivity contribution in [1.29, 1.82) is 0 Å². The standard InChI is InChI=1S/C17H20N2O4/c20-13-8-11(14-15(21)18-17(22)19-16(14)23-13)6-5-10-7-12(10)9-3-1-2-4-9/h8-10,12H,1-7H2,(H2,18,19,21,22)/t10?,12-/m0/s1. The monoisotopic (exact) mass is 316 g/mol. The van der Waals surface area contributed by atoms with Crippen molar-refractivity contribution in [3.05, 3.63) is 42.9 Å². The number of hydrogen-bond donors (Lipinski definition) is 2. The lowest BCUT2D eigenvalue weighted by atomic mass is 9.98. The largest absolute Gasteiger partial charge is 0.405 e. The van der Waals surface area contributed by atoms with Crippen LogP contribution in [0, 0.1) is 17.8 Å². The van der Waals surface area contributed by atoms with Crippen molar-refractivity contribution in [1.82, 2.24) is 9.97 Å². The predicted molar refractivity (Wildman–Crippen MR) is 85.6 cm³/mol. The lowest BCUT2D eigenvalue weighted by molar-refractivity contribution is 0.440. The molecule has 0 amide bonds. The lowest BCUT2D eigenvalue weighted by Gasteiger charge is -2.08. The second kappa shape index (κ2) is 5.51. The summed E-state index contributed by atoms with van der Waals surface area (Å²) in [5.41, 5.74) is -1.04. The van der Waals surface area contributed by atoms with E-state index < -0.39 is 16.9 Å². The first kappa shape index (κ1) is 14.5. The molecule has 0 radical (unpaired) electrons. The molecule has 6 nitrogen and oxygen atoms in total. The number of aromatic nitrogens is 2. The molecule has 0 saturated heterocycles. The maximum atomic E-state index is 12.0. The van der Waals surface area contributed by atoms with Gasteiger partial charge in [0.25, 0.3) is 5.56 Å². The summed E-state index contributed by atoms with van der Waals surface area (Å²) >= 11 is 0. The van der Waals surface area contributed by atoms with E-state index in [1.54, 1.807) is 0 Å². The van der Waals surface area contributed by atoms with Gasteiger partial charge in [-0.2, -0.15) is 0 Å². The zero-order valence-electron chi connectivity index (χ0n) is 12.9. The molecule has 23 heavy (non-hydrogen) atoms. The second-order valence-electron chi connectivity index (χ2n) is 6.95. The first-order valence-corrected chi connectivity index (χ1v) is 8.41. The molecule has 2 heterocycles. The van der Waals surface area contributed by atoms with Crippen molar-refractivity contribution in [2.45, 2.75) is 44.9 Å². The summed E-state index contributed by atoms with van der Waals surface area (Å²) in [7, 11) is 0. The Morgan fingerprint density at radius 2 is 1.91 bits per heavy atom. The molecule has 2 atom stereocenters. The van der Waals surface area contributed by atoms with Crippen LogP contribution in [0.15, 0.2) is 24.9 Å². The molecule has 0 aliphatic heterocycles. The van der Waals surface area contributed by atoms with Crippen LogP contribution in [0.3, 0.4) is 0 Å². The molecule has 122 valence electrons. The van der Waals surface area contributed by atoms with E-state index in [4.69, 9.17) is 4.42 Å². The predicted octanol–water partition coefficient (Wildman–Crippen LogP) is 1.93. The molecule has 2 aromatic heterocycles. The molecule has 4 rings (SSSR count). The second-order valence-corrected chi connectivity index (χ2v) is 6.95. The van der Waals surface area contributed by atoms with Gasteiger partial charge in [-0.05, 0) is 42.6 Å². The van der Waals surface area contributed by atoms with Crippen molar-refractivity contribution in [2.75, 3.05) is 0 Å². The van der Waals surface area contributed by atoms with Gasteiger partial charge in [0.2, 0.25) is 5.71 Å². The van der Waals surface area contributed by atoms with E-state index in [1.807, 2.05) is 0 Å². The summed E-state index contributed by atoms with van der Waals surface area (Å²) < 4.78 is 4.96. The minimum absolute atomic E-state index is 0.0237. The van der Waals surface area contributed by atoms with Crippen LogP contribution in [0.2, 0.25) is 0 Å². The van der Waals surface area contributed by atoms with Crippen LogP contribution < -0.4 is 16.9 Å². The summed E-state index contributed by atoms with van der Waals surface area (Å²) in [5, 5.41) is 0.294. The molecule has 2 aliphatic carbocycles. The number of nitrogens with one attached hydrogen (secondary N) is 2. The molecular formula is C17H20N2O4. The van der Waals surface area contributed by atoms with E-state index in [1.165, 1.54) is 38.2 Å². The highest BCUT2D eigenvalue weighted by Crippen LogP contribution is 2.52. The van der Waals surface area contributed by atoms with E-state index in [2.05, 4.69) is 9.97 Å². The molecule has 0 bridgehead atoms. The Labute approximate surface area is 131 Å². The topological polar surface area (TPSA) is 95.9 Å². The van der Waals surface area contributed by atoms with Crippen LogP contribution in [0.4, 0.5) is 0 Å². The number of hydrogen-bond acceptors (Lipinski definition) is 4. The van der Waals surface area contributed by atoms with Crippen molar-refractivity contribution < 1.29 is 4.42 Å². The van der Waals surface area contributed by atoms with Crippen LogP contribution in [0.25, 0.3) is 11.1 Å². The molecule has 2 aliphatic rings. The third-order valence-electron chi connectivity index (χ3n) is 5.49. The van der Waals surface area contributed by atoms with Crippen LogP contribution in [-0.2, 0) is 6.42 Å².